The minimum absolute atomic E-state index is 0.0391. The lowest BCUT2D eigenvalue weighted by Gasteiger charge is -2.35. The van der Waals surface area contributed by atoms with Gasteiger partial charge in [0.05, 0.1) is 11.1 Å². The van der Waals surface area contributed by atoms with Gasteiger partial charge in [-0.2, -0.15) is 13.2 Å². The SMILES string of the molecule is O=C(CCc1ccc(Cl)cc1)N1CCN(C(=O)c2ccccc2C(F)(F)F)CC1. The summed E-state index contributed by atoms with van der Waals surface area (Å²) >= 11 is 5.84. The zero-order valence-corrected chi connectivity index (χ0v) is 16.3. The van der Waals surface area contributed by atoms with Crippen molar-refractivity contribution in [1.29, 1.82) is 0 Å². The number of benzene rings is 2. The topological polar surface area (TPSA) is 40.6 Å². The number of hydrogen-bond donors (Lipinski definition) is 0. The van der Waals surface area contributed by atoms with Gasteiger partial charge in [-0.3, -0.25) is 9.59 Å². The van der Waals surface area contributed by atoms with E-state index >= 15 is 0 Å². The van der Waals surface area contributed by atoms with Gasteiger partial charge in [-0.1, -0.05) is 35.9 Å². The molecule has 0 radical (unpaired) electrons. The fourth-order valence-electron chi connectivity index (χ4n) is 3.31. The summed E-state index contributed by atoms with van der Waals surface area (Å²) in [6.45, 7) is 1.02. The van der Waals surface area contributed by atoms with Gasteiger partial charge in [-0.25, -0.2) is 0 Å². The molecule has 0 N–H and O–H groups in total. The number of alkyl halides is 3. The summed E-state index contributed by atoms with van der Waals surface area (Å²) in [6, 6.07) is 12.0. The molecule has 0 bridgehead atoms. The Bertz CT molecular complexity index is 876. The van der Waals surface area contributed by atoms with Crippen LogP contribution in [0.4, 0.5) is 13.2 Å². The van der Waals surface area contributed by atoms with E-state index in [9.17, 15) is 22.8 Å². The third kappa shape index (κ3) is 5.29. The third-order valence-corrected chi connectivity index (χ3v) is 5.18. The Morgan fingerprint density at radius 3 is 2.10 bits per heavy atom. The first-order valence-electron chi connectivity index (χ1n) is 9.23. The number of rotatable bonds is 4. The molecule has 1 fully saturated rings. The Kier molecular flexibility index (Phi) is 6.47. The summed E-state index contributed by atoms with van der Waals surface area (Å²) in [7, 11) is 0. The second-order valence-corrected chi connectivity index (χ2v) is 7.28. The number of hydrogen-bond acceptors (Lipinski definition) is 2. The molecule has 2 aromatic carbocycles. The quantitative estimate of drug-likeness (QED) is 0.735. The summed E-state index contributed by atoms with van der Waals surface area (Å²) < 4.78 is 39.5. The van der Waals surface area contributed by atoms with Crippen molar-refractivity contribution in [1.82, 2.24) is 9.80 Å². The molecule has 29 heavy (non-hydrogen) atoms. The van der Waals surface area contributed by atoms with Crippen LogP contribution in [-0.2, 0) is 17.4 Å². The predicted molar refractivity (Wildman–Crippen MR) is 104 cm³/mol. The van der Waals surface area contributed by atoms with Crippen LogP contribution in [0.2, 0.25) is 5.02 Å². The van der Waals surface area contributed by atoms with E-state index in [0.29, 0.717) is 31.0 Å². The average molecular weight is 425 g/mol. The first kappa shape index (κ1) is 21.2. The molecule has 2 amide bonds. The van der Waals surface area contributed by atoms with Crippen LogP contribution in [0.25, 0.3) is 0 Å². The monoisotopic (exact) mass is 424 g/mol. The van der Waals surface area contributed by atoms with E-state index in [1.54, 1.807) is 17.0 Å². The zero-order valence-electron chi connectivity index (χ0n) is 15.6. The summed E-state index contributed by atoms with van der Waals surface area (Å²) in [4.78, 5) is 28.0. The first-order valence-corrected chi connectivity index (χ1v) is 9.61. The van der Waals surface area contributed by atoms with Gasteiger partial charge in [0.1, 0.15) is 0 Å². The fraction of sp³-hybridized carbons (Fsp3) is 0.333. The lowest BCUT2D eigenvalue weighted by molar-refractivity contribution is -0.138. The van der Waals surface area contributed by atoms with Crippen molar-refractivity contribution in [3.05, 3.63) is 70.2 Å². The van der Waals surface area contributed by atoms with Crippen molar-refractivity contribution in [2.75, 3.05) is 26.2 Å². The van der Waals surface area contributed by atoms with Crippen molar-refractivity contribution < 1.29 is 22.8 Å². The van der Waals surface area contributed by atoms with E-state index in [-0.39, 0.29) is 24.6 Å². The Balaban J connectivity index is 1.56. The largest absolute Gasteiger partial charge is 0.417 e. The molecule has 8 heteroatoms. The van der Waals surface area contributed by atoms with Gasteiger partial charge in [-0.05, 0) is 36.2 Å². The lowest BCUT2D eigenvalue weighted by Crippen LogP contribution is -2.50. The second-order valence-electron chi connectivity index (χ2n) is 6.84. The smallest absolute Gasteiger partial charge is 0.339 e. The molecule has 0 unspecified atom stereocenters. The Morgan fingerprint density at radius 2 is 1.48 bits per heavy atom. The molecule has 3 rings (SSSR count). The number of piperazine rings is 1. The van der Waals surface area contributed by atoms with E-state index in [2.05, 4.69) is 0 Å². The average Bonchev–Trinajstić information content (AvgIpc) is 2.72. The standard InChI is InChI=1S/C21H20ClF3N2O2/c22-16-8-5-15(6-9-16)7-10-19(28)26-11-13-27(14-12-26)20(29)17-3-1-2-4-18(17)21(23,24)25/h1-6,8-9H,7,10-14H2. The lowest BCUT2D eigenvalue weighted by atomic mass is 10.1. The molecule has 1 saturated heterocycles. The normalized spacial score (nSPS) is 14.8. The number of halogens is 4. The maximum atomic E-state index is 13.2. The molecular formula is C21H20ClF3N2O2. The van der Waals surface area contributed by atoms with Crippen molar-refractivity contribution in [2.24, 2.45) is 0 Å². The molecule has 4 nitrogen and oxygen atoms in total. The molecule has 1 heterocycles. The minimum Gasteiger partial charge on any atom is -0.339 e. The molecule has 0 atom stereocenters. The molecule has 0 aliphatic carbocycles. The third-order valence-electron chi connectivity index (χ3n) is 4.92. The molecule has 0 saturated carbocycles. The Morgan fingerprint density at radius 1 is 0.897 bits per heavy atom. The summed E-state index contributed by atoms with van der Waals surface area (Å²) in [5.74, 6) is -0.700. The van der Waals surface area contributed by atoms with E-state index in [1.807, 2.05) is 12.1 Å². The molecule has 1 aliphatic rings. The van der Waals surface area contributed by atoms with Crippen LogP contribution < -0.4 is 0 Å². The summed E-state index contributed by atoms with van der Waals surface area (Å²) in [5, 5.41) is 0.632. The second kappa shape index (κ2) is 8.86. The summed E-state index contributed by atoms with van der Waals surface area (Å²) in [6.07, 6.45) is -3.69. The summed E-state index contributed by atoms with van der Waals surface area (Å²) in [5.41, 5.74) is -0.297. The highest BCUT2D eigenvalue weighted by molar-refractivity contribution is 6.30. The molecule has 154 valence electrons. The number of nitrogens with zero attached hydrogens (tertiary/aromatic N) is 2. The van der Waals surface area contributed by atoms with Crippen LogP contribution in [0.3, 0.4) is 0 Å². The van der Waals surface area contributed by atoms with Crippen molar-refractivity contribution in [2.45, 2.75) is 19.0 Å². The molecule has 1 aliphatic heterocycles. The van der Waals surface area contributed by atoms with Crippen molar-refractivity contribution in [3.63, 3.8) is 0 Å². The predicted octanol–water partition coefficient (Wildman–Crippen LogP) is 4.28. The van der Waals surface area contributed by atoms with Crippen LogP contribution in [0.1, 0.15) is 27.9 Å². The minimum atomic E-state index is -4.59. The fourth-order valence-corrected chi connectivity index (χ4v) is 3.43. The highest BCUT2D eigenvalue weighted by atomic mass is 35.5. The van der Waals surface area contributed by atoms with Gasteiger partial charge >= 0.3 is 6.18 Å². The van der Waals surface area contributed by atoms with E-state index in [1.165, 1.54) is 23.1 Å². The maximum Gasteiger partial charge on any atom is 0.417 e. The number of carbonyl (C=O) groups is 2. The van der Waals surface area contributed by atoms with Gasteiger partial charge in [0.2, 0.25) is 5.91 Å². The molecular weight excluding hydrogens is 405 g/mol. The molecule has 0 spiro atoms. The van der Waals surface area contributed by atoms with Gasteiger partial charge in [0.15, 0.2) is 0 Å². The highest BCUT2D eigenvalue weighted by Crippen LogP contribution is 2.32. The van der Waals surface area contributed by atoms with Crippen LogP contribution in [0.5, 0.6) is 0 Å². The van der Waals surface area contributed by atoms with Crippen LogP contribution in [-0.4, -0.2) is 47.8 Å². The van der Waals surface area contributed by atoms with E-state index < -0.39 is 17.6 Å². The van der Waals surface area contributed by atoms with Gasteiger partial charge in [0.25, 0.3) is 5.91 Å². The number of amides is 2. The number of aryl methyl sites for hydroxylation is 1. The Labute approximate surface area is 171 Å². The molecule has 2 aromatic rings. The first-order chi connectivity index (χ1) is 13.8. The highest BCUT2D eigenvalue weighted by Gasteiger charge is 2.36. The van der Waals surface area contributed by atoms with Gasteiger partial charge in [-0.15, -0.1) is 0 Å². The van der Waals surface area contributed by atoms with Crippen LogP contribution in [0, 0.1) is 0 Å². The van der Waals surface area contributed by atoms with Crippen molar-refractivity contribution in [3.8, 4) is 0 Å². The molecule has 0 aromatic heterocycles. The van der Waals surface area contributed by atoms with Crippen LogP contribution in [0.15, 0.2) is 48.5 Å². The zero-order chi connectivity index (χ0) is 21.0. The van der Waals surface area contributed by atoms with Crippen LogP contribution >= 0.6 is 11.6 Å². The maximum absolute atomic E-state index is 13.2. The van der Waals surface area contributed by atoms with Crippen molar-refractivity contribution >= 4 is 23.4 Å². The Hall–Kier alpha value is -2.54. The van der Waals surface area contributed by atoms with Gasteiger partial charge < -0.3 is 9.80 Å². The van der Waals surface area contributed by atoms with E-state index in [4.69, 9.17) is 11.6 Å². The van der Waals surface area contributed by atoms with Gasteiger partial charge in [0, 0.05) is 37.6 Å². The number of carbonyl (C=O) groups excluding carboxylic acids is 2. The van der Waals surface area contributed by atoms with E-state index in [0.717, 1.165) is 11.6 Å².